The Bertz CT molecular complexity index is 449. The average molecular weight is 235 g/mol. The van der Waals surface area contributed by atoms with Crippen molar-refractivity contribution in [1.29, 1.82) is 0 Å². The van der Waals surface area contributed by atoms with Crippen molar-refractivity contribution >= 4 is 5.91 Å². The molecule has 0 aromatic carbocycles. The molecule has 1 aromatic rings. The minimum atomic E-state index is -0.199. The van der Waals surface area contributed by atoms with Gasteiger partial charge in [-0.2, -0.15) is 0 Å². The van der Waals surface area contributed by atoms with Crippen LogP contribution in [-0.2, 0) is 0 Å². The third-order valence-electron chi connectivity index (χ3n) is 3.29. The van der Waals surface area contributed by atoms with E-state index in [2.05, 4.69) is 11.9 Å². The second-order valence-electron chi connectivity index (χ2n) is 4.62. The van der Waals surface area contributed by atoms with E-state index in [4.69, 9.17) is 5.73 Å². The number of carbonyl (C=O) groups excluding carboxylic acids is 1. The zero-order valence-electron chi connectivity index (χ0n) is 9.85. The number of piperidine rings is 1. The molecule has 2 unspecified atom stereocenters. The van der Waals surface area contributed by atoms with Gasteiger partial charge in [0.25, 0.3) is 5.91 Å². The van der Waals surface area contributed by atoms with Crippen LogP contribution in [0.5, 0.6) is 0 Å². The van der Waals surface area contributed by atoms with Gasteiger partial charge in [0.15, 0.2) is 0 Å². The summed E-state index contributed by atoms with van der Waals surface area (Å²) in [7, 11) is 0. The van der Waals surface area contributed by atoms with Gasteiger partial charge >= 0.3 is 0 Å². The predicted molar refractivity (Wildman–Crippen MR) is 64.7 cm³/mol. The predicted octanol–water partition coefficient (Wildman–Crippen LogP) is 0.184. The molecular weight excluding hydrogens is 218 g/mol. The molecule has 1 aliphatic rings. The Kier molecular flexibility index (Phi) is 3.28. The van der Waals surface area contributed by atoms with E-state index < -0.39 is 0 Å². The van der Waals surface area contributed by atoms with E-state index >= 15 is 0 Å². The Balaban J connectivity index is 2.10. The second-order valence-corrected chi connectivity index (χ2v) is 4.62. The first kappa shape index (κ1) is 11.9. The Hall–Kier alpha value is -1.62. The van der Waals surface area contributed by atoms with Crippen LogP contribution in [0.1, 0.15) is 23.7 Å². The monoisotopic (exact) mass is 235 g/mol. The van der Waals surface area contributed by atoms with Gasteiger partial charge in [0.2, 0.25) is 5.56 Å². The number of aromatic nitrogens is 1. The number of pyridine rings is 1. The number of rotatable bonds is 1. The van der Waals surface area contributed by atoms with Gasteiger partial charge in [-0.25, -0.2) is 0 Å². The highest BCUT2D eigenvalue weighted by Crippen LogP contribution is 2.16. The summed E-state index contributed by atoms with van der Waals surface area (Å²) in [6.07, 6.45) is 2.29. The Morgan fingerprint density at radius 1 is 1.53 bits per heavy atom. The summed E-state index contributed by atoms with van der Waals surface area (Å²) >= 11 is 0. The standard InChI is InChI=1S/C12H17N3O2/c1-8-7-15(5-4-10(8)13)12(17)9-2-3-11(16)14-6-9/h2-3,6,8,10H,4-5,7,13H2,1H3,(H,14,16). The van der Waals surface area contributed by atoms with Crippen molar-refractivity contribution in [2.75, 3.05) is 13.1 Å². The maximum Gasteiger partial charge on any atom is 0.255 e. The molecule has 5 nitrogen and oxygen atoms in total. The van der Waals surface area contributed by atoms with Crippen LogP contribution in [0.4, 0.5) is 0 Å². The molecule has 17 heavy (non-hydrogen) atoms. The Morgan fingerprint density at radius 3 is 2.88 bits per heavy atom. The number of nitrogens with one attached hydrogen (secondary N) is 1. The third kappa shape index (κ3) is 2.55. The van der Waals surface area contributed by atoms with Crippen LogP contribution in [0.2, 0.25) is 0 Å². The van der Waals surface area contributed by atoms with Crippen LogP contribution in [0.25, 0.3) is 0 Å². The summed E-state index contributed by atoms with van der Waals surface area (Å²) in [5, 5.41) is 0. The van der Waals surface area contributed by atoms with Crippen molar-refractivity contribution in [3.63, 3.8) is 0 Å². The number of likely N-dealkylation sites (tertiary alicyclic amines) is 1. The number of H-pyrrole nitrogens is 1. The van der Waals surface area contributed by atoms with Gasteiger partial charge in [-0.1, -0.05) is 6.92 Å². The van der Waals surface area contributed by atoms with Crippen molar-refractivity contribution in [2.24, 2.45) is 11.7 Å². The van der Waals surface area contributed by atoms with Crippen LogP contribution in [0.15, 0.2) is 23.1 Å². The van der Waals surface area contributed by atoms with E-state index in [0.29, 0.717) is 24.6 Å². The third-order valence-corrected chi connectivity index (χ3v) is 3.29. The zero-order valence-corrected chi connectivity index (χ0v) is 9.85. The van der Waals surface area contributed by atoms with Crippen molar-refractivity contribution in [1.82, 2.24) is 9.88 Å². The Labute approximate surface area is 99.6 Å². The molecular formula is C12H17N3O2. The van der Waals surface area contributed by atoms with E-state index in [1.165, 1.54) is 12.3 Å². The number of hydrogen-bond acceptors (Lipinski definition) is 3. The van der Waals surface area contributed by atoms with Gasteiger partial charge in [-0.05, 0) is 18.4 Å². The molecule has 2 atom stereocenters. The number of carbonyl (C=O) groups is 1. The summed E-state index contributed by atoms with van der Waals surface area (Å²) in [5.74, 6) is 0.274. The number of aromatic amines is 1. The molecule has 2 rings (SSSR count). The van der Waals surface area contributed by atoms with Crippen molar-refractivity contribution in [2.45, 2.75) is 19.4 Å². The molecule has 92 valence electrons. The van der Waals surface area contributed by atoms with Crippen molar-refractivity contribution in [3.05, 3.63) is 34.2 Å². The van der Waals surface area contributed by atoms with Gasteiger partial charge < -0.3 is 15.6 Å². The lowest BCUT2D eigenvalue weighted by Gasteiger charge is -2.35. The molecule has 0 aliphatic carbocycles. The van der Waals surface area contributed by atoms with E-state index in [9.17, 15) is 9.59 Å². The summed E-state index contributed by atoms with van der Waals surface area (Å²) in [4.78, 5) is 27.4. The van der Waals surface area contributed by atoms with E-state index in [1.54, 1.807) is 11.0 Å². The van der Waals surface area contributed by atoms with Crippen LogP contribution in [-0.4, -0.2) is 34.9 Å². The van der Waals surface area contributed by atoms with E-state index in [-0.39, 0.29) is 17.5 Å². The highest BCUT2D eigenvalue weighted by atomic mass is 16.2. The molecule has 5 heteroatoms. The minimum absolute atomic E-state index is 0.0417. The van der Waals surface area contributed by atoms with Crippen LogP contribution < -0.4 is 11.3 Å². The van der Waals surface area contributed by atoms with Gasteiger partial charge in [-0.15, -0.1) is 0 Å². The number of nitrogens with two attached hydrogens (primary N) is 1. The highest BCUT2D eigenvalue weighted by molar-refractivity contribution is 5.93. The largest absolute Gasteiger partial charge is 0.338 e. The molecule has 2 heterocycles. The first-order valence-electron chi connectivity index (χ1n) is 5.81. The molecule has 3 N–H and O–H groups in total. The first-order valence-corrected chi connectivity index (χ1v) is 5.81. The molecule has 0 bridgehead atoms. The lowest BCUT2D eigenvalue weighted by Crippen LogP contribution is -2.48. The molecule has 0 saturated carbocycles. The summed E-state index contributed by atoms with van der Waals surface area (Å²) in [6, 6.07) is 3.10. The van der Waals surface area contributed by atoms with E-state index in [0.717, 1.165) is 6.42 Å². The number of hydrogen-bond donors (Lipinski definition) is 2. The lowest BCUT2D eigenvalue weighted by molar-refractivity contribution is 0.0663. The molecule has 1 amide bonds. The van der Waals surface area contributed by atoms with Crippen LogP contribution in [0, 0.1) is 5.92 Å². The SMILES string of the molecule is CC1CN(C(=O)c2ccc(=O)[nH]c2)CCC1N. The summed E-state index contributed by atoms with van der Waals surface area (Å²) < 4.78 is 0. The molecule has 1 saturated heterocycles. The lowest BCUT2D eigenvalue weighted by atomic mass is 9.94. The van der Waals surface area contributed by atoms with Crippen LogP contribution in [0.3, 0.4) is 0 Å². The van der Waals surface area contributed by atoms with E-state index in [1.807, 2.05) is 0 Å². The smallest absolute Gasteiger partial charge is 0.255 e. The van der Waals surface area contributed by atoms with Gasteiger partial charge in [0.05, 0.1) is 5.56 Å². The summed E-state index contributed by atoms with van der Waals surface area (Å²) in [5.41, 5.74) is 6.24. The topological polar surface area (TPSA) is 79.2 Å². The quantitative estimate of drug-likeness (QED) is 0.729. The number of amides is 1. The summed E-state index contributed by atoms with van der Waals surface area (Å²) in [6.45, 7) is 3.42. The molecule has 1 aliphatic heterocycles. The van der Waals surface area contributed by atoms with Crippen LogP contribution >= 0.6 is 0 Å². The fourth-order valence-electron chi connectivity index (χ4n) is 2.07. The fourth-order valence-corrected chi connectivity index (χ4v) is 2.07. The average Bonchev–Trinajstić information content (AvgIpc) is 2.33. The molecule has 1 fully saturated rings. The maximum absolute atomic E-state index is 12.1. The van der Waals surface area contributed by atoms with Crippen molar-refractivity contribution in [3.8, 4) is 0 Å². The molecule has 0 radical (unpaired) electrons. The molecule has 1 aromatic heterocycles. The van der Waals surface area contributed by atoms with Crippen molar-refractivity contribution < 1.29 is 4.79 Å². The minimum Gasteiger partial charge on any atom is -0.338 e. The highest BCUT2D eigenvalue weighted by Gasteiger charge is 2.26. The Morgan fingerprint density at radius 2 is 2.29 bits per heavy atom. The van der Waals surface area contributed by atoms with Gasteiger partial charge in [0, 0.05) is 31.4 Å². The second kappa shape index (κ2) is 4.71. The fraction of sp³-hybridized carbons (Fsp3) is 0.500. The van der Waals surface area contributed by atoms with Gasteiger partial charge in [-0.3, -0.25) is 9.59 Å². The molecule has 0 spiro atoms. The van der Waals surface area contributed by atoms with Gasteiger partial charge in [0.1, 0.15) is 0 Å². The maximum atomic E-state index is 12.1. The first-order chi connectivity index (χ1) is 8.08. The number of nitrogens with zero attached hydrogens (tertiary/aromatic N) is 1. The zero-order chi connectivity index (χ0) is 12.4. The normalized spacial score (nSPS) is 24.7.